The van der Waals surface area contributed by atoms with Crippen LogP contribution in [0.25, 0.3) is 10.1 Å². The molecule has 0 bridgehead atoms. The molecule has 0 aliphatic rings. The average molecular weight is 646 g/mol. The molecule has 2 aromatic heterocycles. The van der Waals surface area contributed by atoms with Crippen molar-refractivity contribution < 1.29 is 13.2 Å². The second kappa shape index (κ2) is 10.5. The van der Waals surface area contributed by atoms with Crippen LogP contribution in [-0.2, 0) is 23.0 Å². The van der Waals surface area contributed by atoms with E-state index in [9.17, 15) is 13.2 Å². The summed E-state index contributed by atoms with van der Waals surface area (Å²) in [5.41, 5.74) is 1.01. The Labute approximate surface area is 223 Å². The van der Waals surface area contributed by atoms with Crippen molar-refractivity contribution >= 4 is 80.8 Å². The van der Waals surface area contributed by atoms with E-state index in [1.165, 1.54) is 12.1 Å². The Kier molecular flexibility index (Phi) is 7.83. The minimum atomic E-state index is -4.11. The molecule has 34 heavy (non-hydrogen) atoms. The van der Waals surface area contributed by atoms with Gasteiger partial charge in [-0.1, -0.05) is 68.9 Å². The number of nitrogens with one attached hydrogen (secondary N) is 1. The van der Waals surface area contributed by atoms with E-state index >= 15 is 0 Å². The van der Waals surface area contributed by atoms with Crippen molar-refractivity contribution in [2.75, 3.05) is 0 Å². The van der Waals surface area contributed by atoms with E-state index < -0.39 is 15.9 Å². The Morgan fingerprint density at radius 2 is 1.97 bits per heavy atom. The van der Waals surface area contributed by atoms with E-state index in [0.717, 1.165) is 33.0 Å². The number of fused-ring (bicyclic) bond motifs is 1. The number of unbranched alkanes of at least 4 members (excludes halogenated alkanes) is 1. The largest absolute Gasteiger partial charge is 0.318 e. The number of thiophene rings is 1. The molecule has 0 spiro atoms. The summed E-state index contributed by atoms with van der Waals surface area (Å²) < 4.78 is 32.3. The molecule has 178 valence electrons. The Bertz CT molecular complexity index is 1480. The lowest BCUT2D eigenvalue weighted by molar-refractivity contribution is 0.0972. The van der Waals surface area contributed by atoms with Gasteiger partial charge < -0.3 is 4.57 Å². The molecule has 0 atom stereocenters. The molecule has 4 rings (SSSR count). The van der Waals surface area contributed by atoms with E-state index in [1.807, 2.05) is 23.6 Å². The number of rotatable bonds is 8. The average Bonchev–Trinajstić information content (AvgIpc) is 3.33. The van der Waals surface area contributed by atoms with Crippen molar-refractivity contribution in [1.82, 2.24) is 14.3 Å². The maximum atomic E-state index is 13.3. The van der Waals surface area contributed by atoms with Crippen LogP contribution >= 0.6 is 54.8 Å². The van der Waals surface area contributed by atoms with Gasteiger partial charge in [0.25, 0.3) is 15.9 Å². The molecule has 11 heteroatoms. The molecule has 0 fully saturated rings. The monoisotopic (exact) mass is 643 g/mol. The summed E-state index contributed by atoms with van der Waals surface area (Å²) in [7, 11) is -4.11. The van der Waals surface area contributed by atoms with Crippen molar-refractivity contribution in [1.29, 1.82) is 0 Å². The van der Waals surface area contributed by atoms with E-state index in [0.29, 0.717) is 23.3 Å². The highest BCUT2D eigenvalue weighted by atomic mass is 79.9. The summed E-state index contributed by atoms with van der Waals surface area (Å²) in [6.45, 7) is 2.40. The summed E-state index contributed by atoms with van der Waals surface area (Å²) in [4.78, 5) is 17.6. The second-order valence-corrected chi connectivity index (χ2v) is 12.3. The van der Waals surface area contributed by atoms with Crippen LogP contribution in [0.5, 0.6) is 0 Å². The van der Waals surface area contributed by atoms with Gasteiger partial charge in [0.15, 0.2) is 5.15 Å². The number of aromatic nitrogens is 2. The van der Waals surface area contributed by atoms with Gasteiger partial charge in [-0.05, 0) is 47.7 Å². The number of sulfonamides is 1. The molecular formula is C23H20Br2ClN3O3S2. The van der Waals surface area contributed by atoms with Crippen LogP contribution in [-0.4, -0.2) is 23.9 Å². The number of carbonyl (C=O) groups excluding carboxylic acids is 1. The lowest BCUT2D eigenvalue weighted by Crippen LogP contribution is -2.32. The SMILES string of the molecule is CCCCc1nc(Cl)c(C(=O)NS(=O)(=O)c2cccc(Br)c2)n1Cc1csc2cccc(Br)c12. The van der Waals surface area contributed by atoms with Gasteiger partial charge in [-0.25, -0.2) is 18.1 Å². The second-order valence-electron chi connectivity index (χ2n) is 7.62. The Morgan fingerprint density at radius 3 is 2.71 bits per heavy atom. The first-order valence-electron chi connectivity index (χ1n) is 10.4. The highest BCUT2D eigenvalue weighted by molar-refractivity contribution is 9.11. The highest BCUT2D eigenvalue weighted by Crippen LogP contribution is 2.34. The van der Waals surface area contributed by atoms with E-state index in [4.69, 9.17) is 11.6 Å². The van der Waals surface area contributed by atoms with Crippen LogP contribution in [0.4, 0.5) is 0 Å². The lowest BCUT2D eigenvalue weighted by Gasteiger charge is -2.13. The molecule has 0 radical (unpaired) electrons. The zero-order valence-corrected chi connectivity index (χ0v) is 23.6. The molecule has 0 aliphatic heterocycles. The van der Waals surface area contributed by atoms with E-state index in [-0.39, 0.29) is 15.7 Å². The van der Waals surface area contributed by atoms with Crippen molar-refractivity contribution in [3.8, 4) is 0 Å². The van der Waals surface area contributed by atoms with Crippen molar-refractivity contribution in [3.63, 3.8) is 0 Å². The quantitative estimate of drug-likeness (QED) is 0.229. The van der Waals surface area contributed by atoms with Crippen LogP contribution in [0.1, 0.15) is 41.6 Å². The third-order valence-corrected chi connectivity index (χ3v) is 9.00. The van der Waals surface area contributed by atoms with Crippen LogP contribution in [0.2, 0.25) is 5.15 Å². The number of carbonyl (C=O) groups is 1. The molecule has 0 saturated heterocycles. The van der Waals surface area contributed by atoms with E-state index in [2.05, 4.69) is 48.5 Å². The molecule has 6 nitrogen and oxygen atoms in total. The smallest absolute Gasteiger partial charge is 0.284 e. The standard InChI is InChI=1S/C23H20Br2ClN3O3S2/c1-2-3-10-19-27-22(26)21(23(30)28-34(31,32)16-7-4-6-15(24)11-16)29(19)12-14-13-33-18-9-5-8-17(25)20(14)18/h4-9,11,13H,2-3,10,12H2,1H3,(H,28,30). The number of amides is 1. The van der Waals surface area contributed by atoms with Gasteiger partial charge in [0.2, 0.25) is 0 Å². The number of benzene rings is 2. The first-order valence-corrected chi connectivity index (χ1v) is 14.8. The Balaban J connectivity index is 1.75. The molecule has 1 N–H and O–H groups in total. The molecule has 2 aromatic carbocycles. The zero-order valence-electron chi connectivity index (χ0n) is 18.0. The topological polar surface area (TPSA) is 81.1 Å². The molecule has 0 unspecified atom stereocenters. The Hall–Kier alpha value is -1.72. The summed E-state index contributed by atoms with van der Waals surface area (Å²) >= 11 is 14.9. The maximum Gasteiger partial charge on any atom is 0.284 e. The first kappa shape index (κ1) is 25.4. The lowest BCUT2D eigenvalue weighted by atomic mass is 10.1. The number of nitrogens with zero attached hydrogens (tertiary/aromatic N) is 2. The fourth-order valence-electron chi connectivity index (χ4n) is 3.64. The summed E-state index contributed by atoms with van der Waals surface area (Å²) in [5.74, 6) is -0.179. The summed E-state index contributed by atoms with van der Waals surface area (Å²) in [6, 6.07) is 12.1. The predicted octanol–water partition coefficient (Wildman–Crippen LogP) is 6.79. The van der Waals surface area contributed by atoms with Crippen LogP contribution in [0.3, 0.4) is 0 Å². The molecule has 2 heterocycles. The molecule has 1 amide bonds. The van der Waals surface area contributed by atoms with Gasteiger partial charge in [-0.3, -0.25) is 4.79 Å². The number of hydrogen-bond donors (Lipinski definition) is 1. The Morgan fingerprint density at radius 1 is 1.21 bits per heavy atom. The minimum Gasteiger partial charge on any atom is -0.318 e. The van der Waals surface area contributed by atoms with Gasteiger partial charge >= 0.3 is 0 Å². The number of halogens is 3. The van der Waals surface area contributed by atoms with Gasteiger partial charge in [-0.15, -0.1) is 11.3 Å². The van der Waals surface area contributed by atoms with Gasteiger partial charge in [-0.2, -0.15) is 0 Å². The number of aryl methyl sites for hydroxylation is 1. The van der Waals surface area contributed by atoms with Crippen LogP contribution in [0.15, 0.2) is 61.7 Å². The molecule has 4 aromatic rings. The fourth-order valence-corrected chi connectivity index (χ4v) is 7.20. The highest BCUT2D eigenvalue weighted by Gasteiger charge is 2.27. The maximum absolute atomic E-state index is 13.3. The third-order valence-electron chi connectivity index (χ3n) is 5.26. The van der Waals surface area contributed by atoms with Crippen molar-refractivity contribution in [2.45, 2.75) is 37.6 Å². The van der Waals surface area contributed by atoms with Gasteiger partial charge in [0.05, 0.1) is 11.4 Å². The van der Waals surface area contributed by atoms with Crippen LogP contribution in [0, 0.1) is 0 Å². The van der Waals surface area contributed by atoms with Crippen molar-refractivity contribution in [3.05, 3.63) is 79.0 Å². The normalized spacial score (nSPS) is 11.8. The number of imidazole rings is 1. The molecular weight excluding hydrogens is 626 g/mol. The minimum absolute atomic E-state index is 0.0216. The van der Waals surface area contributed by atoms with Crippen LogP contribution < -0.4 is 4.72 Å². The van der Waals surface area contributed by atoms with Gasteiger partial charge in [0, 0.05) is 25.5 Å². The van der Waals surface area contributed by atoms with E-state index in [1.54, 1.807) is 28.0 Å². The summed E-state index contributed by atoms with van der Waals surface area (Å²) in [5, 5.41) is 3.06. The molecule has 0 aliphatic carbocycles. The first-order chi connectivity index (χ1) is 16.2. The molecule has 0 saturated carbocycles. The van der Waals surface area contributed by atoms with Crippen molar-refractivity contribution in [2.24, 2.45) is 0 Å². The third kappa shape index (κ3) is 5.26. The summed E-state index contributed by atoms with van der Waals surface area (Å²) in [6.07, 6.45) is 2.42. The fraction of sp³-hybridized carbons (Fsp3) is 0.217. The number of hydrogen-bond acceptors (Lipinski definition) is 5. The van der Waals surface area contributed by atoms with Gasteiger partial charge in [0.1, 0.15) is 11.5 Å². The predicted molar refractivity (Wildman–Crippen MR) is 143 cm³/mol. The zero-order chi connectivity index (χ0) is 24.5.